The molecule has 0 aromatic carbocycles. The number of aryl methyl sites for hydroxylation is 1. The summed E-state index contributed by atoms with van der Waals surface area (Å²) in [4.78, 5) is 5.04. The average Bonchev–Trinajstić information content (AvgIpc) is 2.79. The zero-order chi connectivity index (χ0) is 14.6. The van der Waals surface area contributed by atoms with Crippen LogP contribution >= 0.6 is 11.3 Å². The van der Waals surface area contributed by atoms with Gasteiger partial charge in [-0.15, -0.1) is 16.2 Å². The van der Waals surface area contributed by atoms with Gasteiger partial charge in [-0.05, 0) is 32.4 Å². The van der Waals surface area contributed by atoms with E-state index in [0.717, 1.165) is 48.8 Å². The molecule has 1 fully saturated rings. The van der Waals surface area contributed by atoms with E-state index in [0.29, 0.717) is 4.90 Å². The van der Waals surface area contributed by atoms with Crippen molar-refractivity contribution in [2.75, 3.05) is 19.6 Å². The number of hydrogen-bond acceptors (Lipinski definition) is 5. The van der Waals surface area contributed by atoms with Gasteiger partial charge < -0.3 is 5.32 Å². The maximum atomic E-state index is 12.4. The van der Waals surface area contributed by atoms with Crippen molar-refractivity contribution in [3.8, 4) is 0 Å². The Morgan fingerprint density at radius 2 is 2.00 bits per heavy atom. The molecule has 0 amide bonds. The summed E-state index contributed by atoms with van der Waals surface area (Å²) in [7, 11) is -3.44. The summed E-state index contributed by atoms with van der Waals surface area (Å²) in [5.41, 5.74) is 0. The Labute approximate surface area is 125 Å². The van der Waals surface area contributed by atoms with Crippen LogP contribution in [0.3, 0.4) is 0 Å². The van der Waals surface area contributed by atoms with Gasteiger partial charge in [0.2, 0.25) is 0 Å². The normalized spacial score (nSPS) is 17.5. The number of sulfonamides is 1. The van der Waals surface area contributed by atoms with Crippen LogP contribution in [0.4, 0.5) is 0 Å². The minimum Gasteiger partial charge on any atom is -0.312 e. The van der Waals surface area contributed by atoms with Crippen molar-refractivity contribution in [1.82, 2.24) is 15.2 Å². The van der Waals surface area contributed by atoms with Gasteiger partial charge in [-0.1, -0.05) is 13.3 Å². The fourth-order valence-corrected chi connectivity index (χ4v) is 5.06. The number of nitrogens with zero attached hydrogens (tertiary/aromatic N) is 1. The molecule has 1 aromatic heterocycles. The van der Waals surface area contributed by atoms with E-state index < -0.39 is 10.0 Å². The first-order chi connectivity index (χ1) is 9.53. The van der Waals surface area contributed by atoms with Crippen LogP contribution in [-0.4, -0.2) is 33.1 Å². The van der Waals surface area contributed by atoms with Gasteiger partial charge in [-0.3, -0.25) is 0 Å². The third kappa shape index (κ3) is 4.02. The van der Waals surface area contributed by atoms with E-state index in [4.69, 9.17) is 0 Å². The van der Waals surface area contributed by atoms with Gasteiger partial charge in [0, 0.05) is 29.4 Å². The van der Waals surface area contributed by atoms with E-state index >= 15 is 0 Å². The van der Waals surface area contributed by atoms with Crippen LogP contribution in [0.5, 0.6) is 0 Å². The number of thiophene rings is 1. The summed E-state index contributed by atoms with van der Waals surface area (Å²) in [6.45, 7) is 7.10. The molecule has 7 heteroatoms. The van der Waals surface area contributed by atoms with Crippen LogP contribution in [0.1, 0.15) is 35.9 Å². The summed E-state index contributed by atoms with van der Waals surface area (Å²) in [6, 6.07) is 1.79. The number of hydrazine groups is 1. The Morgan fingerprint density at radius 3 is 2.65 bits per heavy atom. The molecule has 2 heterocycles. The lowest BCUT2D eigenvalue weighted by atomic mass is 10.2. The molecular formula is C13H23N3O2S2. The van der Waals surface area contributed by atoms with E-state index in [2.05, 4.69) is 10.1 Å². The van der Waals surface area contributed by atoms with Crippen molar-refractivity contribution >= 4 is 21.4 Å². The van der Waals surface area contributed by atoms with Crippen LogP contribution in [-0.2, 0) is 16.6 Å². The van der Waals surface area contributed by atoms with Crippen LogP contribution in [0, 0.1) is 6.92 Å². The largest absolute Gasteiger partial charge is 0.312 e. The minimum atomic E-state index is -3.44. The lowest BCUT2D eigenvalue weighted by Crippen LogP contribution is -2.44. The van der Waals surface area contributed by atoms with E-state index in [1.807, 2.05) is 18.9 Å². The van der Waals surface area contributed by atoms with Gasteiger partial charge in [0.15, 0.2) is 0 Å². The molecular weight excluding hydrogens is 294 g/mol. The molecule has 0 atom stereocenters. The molecule has 1 aliphatic heterocycles. The van der Waals surface area contributed by atoms with Crippen LogP contribution in [0.15, 0.2) is 11.0 Å². The minimum absolute atomic E-state index is 0.418. The zero-order valence-electron chi connectivity index (χ0n) is 12.1. The highest BCUT2D eigenvalue weighted by Gasteiger charge is 2.23. The van der Waals surface area contributed by atoms with Crippen LogP contribution < -0.4 is 10.1 Å². The van der Waals surface area contributed by atoms with Crippen LogP contribution in [0.25, 0.3) is 0 Å². The second-order valence-electron chi connectivity index (χ2n) is 5.06. The third-order valence-corrected chi connectivity index (χ3v) is 6.05. The molecule has 1 saturated heterocycles. The summed E-state index contributed by atoms with van der Waals surface area (Å²) in [5, 5.41) is 5.04. The first kappa shape index (κ1) is 15.9. The lowest BCUT2D eigenvalue weighted by Gasteiger charge is -2.26. The lowest BCUT2D eigenvalue weighted by molar-refractivity contribution is 0.200. The molecule has 0 saturated carbocycles. The van der Waals surface area contributed by atoms with Gasteiger partial charge in [-0.25, -0.2) is 13.4 Å². The maximum Gasteiger partial charge on any atom is 0.254 e. The molecule has 0 aliphatic carbocycles. The predicted octanol–water partition coefficient (Wildman–Crippen LogP) is 1.85. The molecule has 0 radical (unpaired) electrons. The van der Waals surface area contributed by atoms with Gasteiger partial charge in [0.05, 0.1) is 4.90 Å². The summed E-state index contributed by atoms with van der Waals surface area (Å²) in [5.74, 6) is 0. The first-order valence-corrected chi connectivity index (χ1v) is 9.40. The zero-order valence-corrected chi connectivity index (χ0v) is 13.7. The van der Waals surface area contributed by atoms with Gasteiger partial charge >= 0.3 is 0 Å². The monoisotopic (exact) mass is 317 g/mol. The fraction of sp³-hybridized carbons (Fsp3) is 0.692. The third-order valence-electron chi connectivity index (χ3n) is 3.37. The topological polar surface area (TPSA) is 61.4 Å². The Kier molecular flexibility index (Phi) is 5.57. The van der Waals surface area contributed by atoms with Gasteiger partial charge in [0.1, 0.15) is 0 Å². The molecule has 2 N–H and O–H groups in total. The molecule has 114 valence electrons. The van der Waals surface area contributed by atoms with E-state index in [1.165, 1.54) is 6.42 Å². The first-order valence-electron chi connectivity index (χ1n) is 7.10. The van der Waals surface area contributed by atoms with E-state index in [-0.39, 0.29) is 0 Å². The molecule has 2 rings (SSSR count). The van der Waals surface area contributed by atoms with E-state index in [9.17, 15) is 8.42 Å². The van der Waals surface area contributed by atoms with Crippen LogP contribution in [0.2, 0.25) is 0 Å². The number of rotatable bonds is 6. The second kappa shape index (κ2) is 7.00. The van der Waals surface area contributed by atoms with E-state index in [1.54, 1.807) is 17.4 Å². The van der Waals surface area contributed by atoms with Crippen molar-refractivity contribution in [2.45, 2.75) is 44.6 Å². The van der Waals surface area contributed by atoms with Crippen molar-refractivity contribution in [3.63, 3.8) is 0 Å². The van der Waals surface area contributed by atoms with Crippen molar-refractivity contribution in [1.29, 1.82) is 0 Å². The number of hydrogen-bond donors (Lipinski definition) is 2. The Balaban J connectivity index is 2.09. The number of nitrogens with one attached hydrogen (secondary N) is 2. The maximum absolute atomic E-state index is 12.4. The molecule has 0 spiro atoms. The molecule has 0 unspecified atom stereocenters. The summed E-state index contributed by atoms with van der Waals surface area (Å²) >= 11 is 1.54. The molecule has 20 heavy (non-hydrogen) atoms. The highest BCUT2D eigenvalue weighted by atomic mass is 32.2. The highest BCUT2D eigenvalue weighted by molar-refractivity contribution is 7.89. The fourth-order valence-electron chi connectivity index (χ4n) is 2.33. The summed E-state index contributed by atoms with van der Waals surface area (Å²) in [6.07, 6.45) is 3.29. The Morgan fingerprint density at radius 1 is 1.30 bits per heavy atom. The number of piperidine rings is 1. The standard InChI is InChI=1S/C13H23N3O2S2/c1-3-14-10-12-9-13(11(2)19-12)20(17,18)15-16-7-5-4-6-8-16/h9,14-15H,3-8,10H2,1-2H3. The quantitative estimate of drug-likeness (QED) is 0.840. The smallest absolute Gasteiger partial charge is 0.254 e. The van der Waals surface area contributed by atoms with Crippen molar-refractivity contribution in [3.05, 3.63) is 15.8 Å². The molecule has 0 bridgehead atoms. The average molecular weight is 317 g/mol. The van der Waals surface area contributed by atoms with Crippen molar-refractivity contribution in [2.24, 2.45) is 0 Å². The SMILES string of the molecule is CCNCc1cc(S(=O)(=O)NN2CCCCC2)c(C)s1. The molecule has 1 aromatic rings. The second-order valence-corrected chi connectivity index (χ2v) is 8.03. The van der Waals surface area contributed by atoms with Crippen molar-refractivity contribution < 1.29 is 8.42 Å². The molecule has 5 nitrogen and oxygen atoms in total. The Bertz CT molecular complexity index is 534. The summed E-state index contributed by atoms with van der Waals surface area (Å²) < 4.78 is 24.9. The van der Waals surface area contributed by atoms with Gasteiger partial charge in [-0.2, -0.15) is 0 Å². The highest BCUT2D eigenvalue weighted by Crippen LogP contribution is 2.26. The Hall–Kier alpha value is -0.470. The van der Waals surface area contributed by atoms with Gasteiger partial charge in [0.25, 0.3) is 10.0 Å². The predicted molar refractivity (Wildman–Crippen MR) is 82.2 cm³/mol. The molecule has 1 aliphatic rings.